The van der Waals surface area contributed by atoms with Crippen molar-refractivity contribution in [2.24, 2.45) is 0 Å². The molecule has 0 spiro atoms. The maximum Gasteiger partial charge on any atom is 0.0363 e. The second-order valence-corrected chi connectivity index (χ2v) is 4.67. The van der Waals surface area contributed by atoms with Crippen LogP contribution in [0.25, 0.3) is 0 Å². The van der Waals surface area contributed by atoms with E-state index in [0.717, 1.165) is 24.6 Å². The summed E-state index contributed by atoms with van der Waals surface area (Å²) in [6.07, 6.45) is 0. The Morgan fingerprint density at radius 2 is 1.80 bits per heavy atom. The summed E-state index contributed by atoms with van der Waals surface area (Å²) >= 11 is 0. The largest absolute Gasteiger partial charge is 0.299 e. The van der Waals surface area contributed by atoms with E-state index >= 15 is 0 Å². The van der Waals surface area contributed by atoms with Crippen molar-refractivity contribution in [3.05, 3.63) is 0 Å². The topological polar surface area (TPSA) is 20.3 Å². The Hall–Kier alpha value is 0.110. The first-order valence-corrected chi connectivity index (χ1v) is 5.28. The van der Waals surface area contributed by atoms with Crippen LogP contribution in [0, 0.1) is 0 Å². The van der Waals surface area contributed by atoms with Crippen molar-refractivity contribution in [3.8, 4) is 0 Å². The number of nitrogens with zero attached hydrogens (tertiary/aromatic N) is 1. The van der Waals surface area contributed by atoms with Crippen LogP contribution in [-0.4, -0.2) is 39.7 Å². The van der Waals surface area contributed by atoms with Crippen molar-refractivity contribution < 1.29 is 4.21 Å². The molecule has 1 saturated heterocycles. The van der Waals surface area contributed by atoms with E-state index in [0.29, 0.717) is 6.04 Å². The van der Waals surface area contributed by atoms with Crippen molar-refractivity contribution in [2.75, 3.05) is 24.6 Å². The molecule has 1 fully saturated rings. The normalized spacial score (nSPS) is 23.9. The molecule has 1 aliphatic rings. The summed E-state index contributed by atoms with van der Waals surface area (Å²) in [5.41, 5.74) is 0. The van der Waals surface area contributed by atoms with E-state index in [9.17, 15) is 4.21 Å². The van der Waals surface area contributed by atoms with Gasteiger partial charge in [0, 0.05) is 41.4 Å². The van der Waals surface area contributed by atoms with Crippen LogP contribution in [0.2, 0.25) is 0 Å². The van der Waals surface area contributed by atoms with Crippen LogP contribution in [0.4, 0.5) is 0 Å². The smallest absolute Gasteiger partial charge is 0.0363 e. The van der Waals surface area contributed by atoms with Crippen LogP contribution in [-0.2, 0) is 10.8 Å². The first-order chi connectivity index (χ1) is 4.70. The van der Waals surface area contributed by atoms with Gasteiger partial charge >= 0.3 is 0 Å². The van der Waals surface area contributed by atoms with Gasteiger partial charge in [0.1, 0.15) is 0 Å². The molecule has 0 aromatic carbocycles. The number of hydrogen-bond acceptors (Lipinski definition) is 2. The highest BCUT2D eigenvalue weighted by Crippen LogP contribution is 2.03. The van der Waals surface area contributed by atoms with Gasteiger partial charge < -0.3 is 0 Å². The second-order valence-electron chi connectivity index (χ2n) is 2.98. The van der Waals surface area contributed by atoms with E-state index < -0.39 is 10.8 Å². The standard InChI is InChI=1S/C7H15NOS/c1-7(2)8-3-5-10(9)6-4-8/h7H,3-6H2,1-2H3. The van der Waals surface area contributed by atoms with Crippen LogP contribution < -0.4 is 0 Å². The Labute approximate surface area is 65.1 Å². The van der Waals surface area contributed by atoms with Crippen molar-refractivity contribution in [1.29, 1.82) is 0 Å². The van der Waals surface area contributed by atoms with Gasteiger partial charge in [0.15, 0.2) is 0 Å². The summed E-state index contributed by atoms with van der Waals surface area (Å²) in [5, 5.41) is 0. The predicted octanol–water partition coefficient (Wildman–Crippen LogP) is 0.459. The lowest BCUT2D eigenvalue weighted by molar-refractivity contribution is 0.243. The first kappa shape index (κ1) is 8.21. The summed E-state index contributed by atoms with van der Waals surface area (Å²) in [6.45, 7) is 6.41. The molecule has 0 aliphatic carbocycles. The van der Waals surface area contributed by atoms with Crippen LogP contribution in [0.1, 0.15) is 13.8 Å². The van der Waals surface area contributed by atoms with Gasteiger partial charge in [0.25, 0.3) is 0 Å². The molecule has 2 nitrogen and oxygen atoms in total. The molecule has 0 radical (unpaired) electrons. The van der Waals surface area contributed by atoms with E-state index in [2.05, 4.69) is 18.7 Å². The summed E-state index contributed by atoms with van der Waals surface area (Å²) < 4.78 is 10.9. The minimum absolute atomic E-state index is 0.519. The molecule has 0 amide bonds. The molecule has 0 N–H and O–H groups in total. The van der Waals surface area contributed by atoms with Gasteiger partial charge in [-0.25, -0.2) is 0 Å². The van der Waals surface area contributed by atoms with Gasteiger partial charge in [-0.2, -0.15) is 0 Å². The fourth-order valence-electron chi connectivity index (χ4n) is 1.17. The van der Waals surface area contributed by atoms with Gasteiger partial charge in [-0.05, 0) is 13.8 Å². The van der Waals surface area contributed by atoms with Crippen LogP contribution >= 0.6 is 0 Å². The van der Waals surface area contributed by atoms with Gasteiger partial charge in [-0.3, -0.25) is 9.11 Å². The first-order valence-electron chi connectivity index (χ1n) is 3.79. The van der Waals surface area contributed by atoms with Gasteiger partial charge in [0.05, 0.1) is 0 Å². The zero-order valence-electron chi connectivity index (χ0n) is 6.67. The second kappa shape index (κ2) is 3.49. The van der Waals surface area contributed by atoms with Crippen LogP contribution in [0.15, 0.2) is 0 Å². The lowest BCUT2D eigenvalue weighted by Gasteiger charge is -2.29. The zero-order valence-corrected chi connectivity index (χ0v) is 7.49. The van der Waals surface area contributed by atoms with E-state index in [4.69, 9.17) is 0 Å². The molecule has 0 atom stereocenters. The Morgan fingerprint density at radius 3 is 2.20 bits per heavy atom. The average molecular weight is 161 g/mol. The van der Waals surface area contributed by atoms with Gasteiger partial charge in [0.2, 0.25) is 0 Å². The van der Waals surface area contributed by atoms with Gasteiger partial charge in [-0.1, -0.05) is 0 Å². The minimum atomic E-state index is -0.519. The van der Waals surface area contributed by atoms with Crippen molar-refractivity contribution in [3.63, 3.8) is 0 Å². The Morgan fingerprint density at radius 1 is 1.30 bits per heavy atom. The zero-order chi connectivity index (χ0) is 7.56. The number of hydrogen-bond donors (Lipinski definition) is 0. The van der Waals surface area contributed by atoms with Gasteiger partial charge in [-0.15, -0.1) is 0 Å². The van der Waals surface area contributed by atoms with E-state index in [-0.39, 0.29) is 0 Å². The number of rotatable bonds is 1. The third-order valence-corrected chi connectivity index (χ3v) is 3.22. The summed E-state index contributed by atoms with van der Waals surface area (Å²) in [7, 11) is -0.519. The molecule has 10 heavy (non-hydrogen) atoms. The Bertz CT molecular complexity index is 126. The highest BCUT2D eigenvalue weighted by Gasteiger charge is 2.16. The van der Waals surface area contributed by atoms with Crippen molar-refractivity contribution >= 4 is 10.8 Å². The SMILES string of the molecule is CC(C)N1CCS(=O)CC1. The van der Waals surface area contributed by atoms with Crippen LogP contribution in [0.3, 0.4) is 0 Å². The molecule has 0 unspecified atom stereocenters. The molecule has 0 saturated carbocycles. The van der Waals surface area contributed by atoms with E-state index in [1.807, 2.05) is 0 Å². The maximum atomic E-state index is 10.9. The summed E-state index contributed by atoms with van der Waals surface area (Å²) in [5.74, 6) is 1.75. The van der Waals surface area contributed by atoms with E-state index in [1.54, 1.807) is 0 Å². The minimum Gasteiger partial charge on any atom is -0.299 e. The third kappa shape index (κ3) is 2.06. The average Bonchev–Trinajstić information content (AvgIpc) is 1.88. The molecule has 1 aliphatic heterocycles. The molecular formula is C7H15NOS. The lowest BCUT2D eigenvalue weighted by atomic mass is 10.3. The molecule has 0 aromatic rings. The molecule has 3 heteroatoms. The molecule has 1 rings (SSSR count). The van der Waals surface area contributed by atoms with E-state index in [1.165, 1.54) is 0 Å². The summed E-state index contributed by atoms with van der Waals surface area (Å²) in [6, 6.07) is 0.622. The maximum absolute atomic E-state index is 10.9. The highest BCUT2D eigenvalue weighted by atomic mass is 32.2. The quantitative estimate of drug-likeness (QED) is 0.557. The van der Waals surface area contributed by atoms with Crippen LogP contribution in [0.5, 0.6) is 0 Å². The monoisotopic (exact) mass is 161 g/mol. The summed E-state index contributed by atoms with van der Waals surface area (Å²) in [4.78, 5) is 2.38. The highest BCUT2D eigenvalue weighted by molar-refractivity contribution is 7.85. The molecule has 0 aromatic heterocycles. The Balaban J connectivity index is 2.33. The fourth-order valence-corrected chi connectivity index (χ4v) is 2.25. The molecular weight excluding hydrogens is 146 g/mol. The third-order valence-electron chi connectivity index (χ3n) is 1.94. The molecule has 60 valence electrons. The fraction of sp³-hybridized carbons (Fsp3) is 1.00. The van der Waals surface area contributed by atoms with Crippen molar-refractivity contribution in [2.45, 2.75) is 19.9 Å². The molecule has 1 heterocycles. The lowest BCUT2D eigenvalue weighted by Crippen LogP contribution is -2.41. The predicted molar refractivity (Wildman–Crippen MR) is 44.6 cm³/mol. The van der Waals surface area contributed by atoms with Crippen molar-refractivity contribution in [1.82, 2.24) is 4.90 Å². The Kier molecular flexibility index (Phi) is 2.86. The molecule has 0 bridgehead atoms.